The Kier molecular flexibility index (Phi) is 2.92. The maximum absolute atomic E-state index is 11.0. The van der Waals surface area contributed by atoms with Crippen LogP contribution in [-0.4, -0.2) is 31.7 Å². The van der Waals surface area contributed by atoms with Crippen molar-refractivity contribution in [1.29, 1.82) is 0 Å². The van der Waals surface area contributed by atoms with E-state index in [1.807, 2.05) is 19.9 Å². The second-order valence-corrected chi connectivity index (χ2v) is 3.75. The standard InChI is InChI=1S/C10H12N6O2/c1-6-4-7(2)15(14-6)9-8(16(17)18)5-12-10(11-3)13-9/h4-5H,1-3H3,(H,11,12,13). The lowest BCUT2D eigenvalue weighted by molar-refractivity contribution is -0.385. The van der Waals surface area contributed by atoms with Gasteiger partial charge in [-0.25, -0.2) is 9.67 Å². The van der Waals surface area contributed by atoms with Gasteiger partial charge in [0, 0.05) is 12.7 Å². The third-order valence-corrected chi connectivity index (χ3v) is 2.38. The van der Waals surface area contributed by atoms with Crippen LogP contribution in [0.1, 0.15) is 11.4 Å². The van der Waals surface area contributed by atoms with Gasteiger partial charge in [-0.1, -0.05) is 0 Å². The van der Waals surface area contributed by atoms with Crippen LogP contribution in [0.4, 0.5) is 11.6 Å². The first kappa shape index (κ1) is 12.0. The second-order valence-electron chi connectivity index (χ2n) is 3.75. The van der Waals surface area contributed by atoms with Crippen molar-refractivity contribution >= 4 is 11.6 Å². The van der Waals surface area contributed by atoms with Gasteiger partial charge in [0.15, 0.2) is 0 Å². The summed E-state index contributed by atoms with van der Waals surface area (Å²) in [6.07, 6.45) is 1.17. The minimum Gasteiger partial charge on any atom is -0.357 e. The molecule has 2 aromatic heterocycles. The van der Waals surface area contributed by atoms with E-state index in [0.29, 0.717) is 5.95 Å². The van der Waals surface area contributed by atoms with Gasteiger partial charge < -0.3 is 5.32 Å². The van der Waals surface area contributed by atoms with Crippen molar-refractivity contribution in [3.05, 3.63) is 33.8 Å². The Morgan fingerprint density at radius 1 is 1.44 bits per heavy atom. The molecule has 0 amide bonds. The number of hydrogen-bond donors (Lipinski definition) is 1. The smallest absolute Gasteiger partial charge is 0.332 e. The third-order valence-electron chi connectivity index (χ3n) is 2.38. The van der Waals surface area contributed by atoms with Crippen LogP contribution in [0.15, 0.2) is 12.3 Å². The van der Waals surface area contributed by atoms with Crippen LogP contribution in [0, 0.1) is 24.0 Å². The van der Waals surface area contributed by atoms with Crippen molar-refractivity contribution in [3.63, 3.8) is 0 Å². The van der Waals surface area contributed by atoms with Gasteiger partial charge in [0.05, 0.1) is 10.6 Å². The van der Waals surface area contributed by atoms with Crippen LogP contribution in [0.3, 0.4) is 0 Å². The van der Waals surface area contributed by atoms with E-state index >= 15 is 0 Å². The van der Waals surface area contributed by atoms with E-state index in [4.69, 9.17) is 0 Å². The summed E-state index contributed by atoms with van der Waals surface area (Å²) in [7, 11) is 1.64. The largest absolute Gasteiger partial charge is 0.357 e. The molecule has 0 saturated carbocycles. The number of rotatable bonds is 3. The zero-order valence-corrected chi connectivity index (χ0v) is 10.2. The molecule has 0 spiro atoms. The molecule has 94 valence electrons. The predicted molar refractivity (Wildman–Crippen MR) is 64.8 cm³/mol. The zero-order valence-electron chi connectivity index (χ0n) is 10.2. The van der Waals surface area contributed by atoms with Gasteiger partial charge in [-0.15, -0.1) is 0 Å². The summed E-state index contributed by atoms with van der Waals surface area (Å²) in [5, 5.41) is 17.9. The van der Waals surface area contributed by atoms with Crippen molar-refractivity contribution in [1.82, 2.24) is 19.7 Å². The van der Waals surface area contributed by atoms with E-state index in [2.05, 4.69) is 20.4 Å². The molecule has 2 aromatic rings. The normalized spacial score (nSPS) is 10.4. The first-order chi connectivity index (χ1) is 8.52. The SMILES string of the molecule is CNc1ncc([N+](=O)[O-])c(-n2nc(C)cc2C)n1. The summed E-state index contributed by atoms with van der Waals surface area (Å²) in [5.74, 6) is 0.466. The lowest BCUT2D eigenvalue weighted by Crippen LogP contribution is -2.09. The number of nitro groups is 1. The van der Waals surface area contributed by atoms with Crippen molar-refractivity contribution in [2.45, 2.75) is 13.8 Å². The molecular formula is C10H12N6O2. The molecule has 0 atom stereocenters. The van der Waals surface area contributed by atoms with E-state index in [0.717, 1.165) is 11.4 Å². The highest BCUT2D eigenvalue weighted by atomic mass is 16.6. The molecule has 2 rings (SSSR count). The maximum atomic E-state index is 11.0. The number of aromatic nitrogens is 4. The molecule has 0 aliphatic heterocycles. The number of aryl methyl sites for hydroxylation is 2. The Bertz CT molecular complexity index is 606. The van der Waals surface area contributed by atoms with Gasteiger partial charge in [-0.2, -0.15) is 10.1 Å². The molecule has 8 nitrogen and oxygen atoms in total. The molecule has 18 heavy (non-hydrogen) atoms. The summed E-state index contributed by atoms with van der Waals surface area (Å²) in [6, 6.07) is 1.82. The topological polar surface area (TPSA) is 98.8 Å². The minimum atomic E-state index is -0.523. The number of nitrogens with zero attached hydrogens (tertiary/aromatic N) is 5. The molecule has 0 unspecified atom stereocenters. The summed E-state index contributed by atoms with van der Waals surface area (Å²) in [4.78, 5) is 18.4. The Balaban J connectivity index is 2.67. The number of hydrogen-bond acceptors (Lipinski definition) is 6. The Labute approximate surface area is 103 Å². The quantitative estimate of drug-likeness (QED) is 0.647. The molecule has 2 heterocycles. The molecule has 0 aliphatic carbocycles. The van der Waals surface area contributed by atoms with E-state index < -0.39 is 4.92 Å². The lowest BCUT2D eigenvalue weighted by atomic mass is 10.4. The first-order valence-electron chi connectivity index (χ1n) is 5.25. The fraction of sp³-hybridized carbons (Fsp3) is 0.300. The van der Waals surface area contributed by atoms with Crippen molar-refractivity contribution in [2.75, 3.05) is 12.4 Å². The van der Waals surface area contributed by atoms with Crippen molar-refractivity contribution < 1.29 is 4.92 Å². The van der Waals surface area contributed by atoms with Crippen molar-refractivity contribution in [3.8, 4) is 5.82 Å². The van der Waals surface area contributed by atoms with Gasteiger partial charge in [0.2, 0.25) is 11.8 Å². The maximum Gasteiger partial charge on any atom is 0.332 e. The Morgan fingerprint density at radius 3 is 2.67 bits per heavy atom. The average Bonchev–Trinajstić information content (AvgIpc) is 2.67. The van der Waals surface area contributed by atoms with Crippen LogP contribution in [0.5, 0.6) is 0 Å². The Hall–Kier alpha value is -2.51. The van der Waals surface area contributed by atoms with E-state index in [1.165, 1.54) is 10.9 Å². The van der Waals surface area contributed by atoms with Gasteiger partial charge in [-0.3, -0.25) is 10.1 Å². The van der Waals surface area contributed by atoms with Crippen LogP contribution >= 0.6 is 0 Å². The van der Waals surface area contributed by atoms with E-state index in [-0.39, 0.29) is 11.5 Å². The molecular weight excluding hydrogens is 236 g/mol. The molecule has 0 radical (unpaired) electrons. The fourth-order valence-corrected chi connectivity index (χ4v) is 1.61. The van der Waals surface area contributed by atoms with Crippen molar-refractivity contribution in [2.24, 2.45) is 0 Å². The van der Waals surface area contributed by atoms with Crippen LogP contribution < -0.4 is 5.32 Å². The van der Waals surface area contributed by atoms with Gasteiger partial charge >= 0.3 is 5.69 Å². The van der Waals surface area contributed by atoms with Crippen LogP contribution in [0.2, 0.25) is 0 Å². The average molecular weight is 248 g/mol. The van der Waals surface area contributed by atoms with Gasteiger partial charge in [0.25, 0.3) is 0 Å². The lowest BCUT2D eigenvalue weighted by Gasteiger charge is -2.05. The summed E-state index contributed by atoms with van der Waals surface area (Å²) < 4.78 is 1.44. The molecule has 8 heteroatoms. The molecule has 0 aromatic carbocycles. The van der Waals surface area contributed by atoms with Gasteiger partial charge in [-0.05, 0) is 19.9 Å². The summed E-state index contributed by atoms with van der Waals surface area (Å²) in [5.41, 5.74) is 1.36. The number of anilines is 1. The molecule has 0 saturated heterocycles. The Morgan fingerprint density at radius 2 is 2.17 bits per heavy atom. The highest BCUT2D eigenvalue weighted by Gasteiger charge is 2.20. The number of nitrogens with one attached hydrogen (secondary N) is 1. The van der Waals surface area contributed by atoms with Crippen LogP contribution in [-0.2, 0) is 0 Å². The minimum absolute atomic E-state index is 0.157. The van der Waals surface area contributed by atoms with Gasteiger partial charge in [0.1, 0.15) is 6.20 Å². The monoisotopic (exact) mass is 248 g/mol. The zero-order chi connectivity index (χ0) is 13.3. The fourth-order valence-electron chi connectivity index (χ4n) is 1.61. The summed E-state index contributed by atoms with van der Waals surface area (Å²) in [6.45, 7) is 3.63. The molecule has 0 bridgehead atoms. The highest BCUT2D eigenvalue weighted by Crippen LogP contribution is 2.22. The highest BCUT2D eigenvalue weighted by molar-refractivity contribution is 5.48. The first-order valence-corrected chi connectivity index (χ1v) is 5.25. The molecule has 1 N–H and O–H groups in total. The summed E-state index contributed by atoms with van der Waals surface area (Å²) >= 11 is 0. The van der Waals surface area contributed by atoms with Crippen LogP contribution in [0.25, 0.3) is 5.82 Å². The molecule has 0 fully saturated rings. The predicted octanol–water partition coefficient (Wildman–Crippen LogP) is 1.23. The molecule has 0 aliphatic rings. The van der Waals surface area contributed by atoms with E-state index in [1.54, 1.807) is 7.05 Å². The van der Waals surface area contributed by atoms with E-state index in [9.17, 15) is 10.1 Å². The third kappa shape index (κ3) is 1.99. The second kappa shape index (κ2) is 4.40.